The minimum Gasteiger partial charge on any atom is -0.339 e. The number of piperidine rings is 1. The van der Waals surface area contributed by atoms with Crippen molar-refractivity contribution in [3.8, 4) is 0 Å². The van der Waals surface area contributed by atoms with Crippen LogP contribution in [0.1, 0.15) is 37.4 Å². The number of amides is 2. The van der Waals surface area contributed by atoms with Crippen molar-refractivity contribution in [2.45, 2.75) is 32.1 Å². The second kappa shape index (κ2) is 6.60. The number of hydrogen-bond donors (Lipinski definition) is 1. The fourth-order valence-electron chi connectivity index (χ4n) is 2.67. The monoisotopic (exact) mass is 300 g/mol. The van der Waals surface area contributed by atoms with E-state index in [1.807, 2.05) is 42.2 Å². The van der Waals surface area contributed by atoms with Crippen molar-refractivity contribution in [2.24, 2.45) is 0 Å². The van der Waals surface area contributed by atoms with Crippen LogP contribution in [0.3, 0.4) is 0 Å². The van der Waals surface area contributed by atoms with Gasteiger partial charge in [-0.2, -0.15) is 4.98 Å². The Morgan fingerprint density at radius 3 is 2.95 bits per heavy atom. The highest BCUT2D eigenvalue weighted by Gasteiger charge is 2.27. The van der Waals surface area contributed by atoms with E-state index >= 15 is 0 Å². The third kappa shape index (κ3) is 3.27. The molecule has 1 fully saturated rings. The summed E-state index contributed by atoms with van der Waals surface area (Å²) in [7, 11) is 0. The van der Waals surface area contributed by atoms with E-state index in [4.69, 9.17) is 4.52 Å². The lowest BCUT2D eigenvalue weighted by molar-refractivity contribution is 0.190. The third-order valence-corrected chi connectivity index (χ3v) is 3.89. The Morgan fingerprint density at radius 1 is 1.41 bits per heavy atom. The van der Waals surface area contributed by atoms with Gasteiger partial charge in [-0.05, 0) is 25.0 Å². The summed E-state index contributed by atoms with van der Waals surface area (Å²) >= 11 is 0. The molecule has 1 aromatic heterocycles. The molecule has 0 spiro atoms. The summed E-state index contributed by atoms with van der Waals surface area (Å²) in [5.74, 6) is 1.52. The summed E-state index contributed by atoms with van der Waals surface area (Å²) in [6.45, 7) is 3.37. The molecule has 0 bridgehead atoms. The third-order valence-electron chi connectivity index (χ3n) is 3.89. The van der Waals surface area contributed by atoms with Gasteiger partial charge >= 0.3 is 6.03 Å². The van der Waals surface area contributed by atoms with Gasteiger partial charge < -0.3 is 14.7 Å². The average Bonchev–Trinajstić information content (AvgIpc) is 3.05. The number of nitrogens with zero attached hydrogens (tertiary/aromatic N) is 3. The van der Waals surface area contributed by atoms with Crippen LogP contribution in [0.25, 0.3) is 0 Å². The average molecular weight is 300 g/mol. The minimum atomic E-state index is -0.0740. The number of aromatic nitrogens is 2. The SMILES string of the molecule is CCc1nc(C2CCCN(C(=O)Nc3ccccc3)C2)no1. The summed E-state index contributed by atoms with van der Waals surface area (Å²) in [4.78, 5) is 18.6. The molecule has 2 aromatic rings. The van der Waals surface area contributed by atoms with Crippen LogP contribution in [0.2, 0.25) is 0 Å². The van der Waals surface area contributed by atoms with E-state index in [0.717, 1.165) is 31.5 Å². The van der Waals surface area contributed by atoms with Crippen LogP contribution in [-0.4, -0.2) is 34.2 Å². The number of urea groups is 1. The lowest BCUT2D eigenvalue weighted by Crippen LogP contribution is -2.41. The van der Waals surface area contributed by atoms with E-state index in [2.05, 4.69) is 15.5 Å². The minimum absolute atomic E-state index is 0.0740. The van der Waals surface area contributed by atoms with Gasteiger partial charge in [0.05, 0.1) is 0 Å². The zero-order chi connectivity index (χ0) is 15.4. The number of aryl methyl sites for hydroxylation is 1. The molecule has 3 rings (SSSR count). The molecule has 0 radical (unpaired) electrons. The highest BCUT2D eigenvalue weighted by Crippen LogP contribution is 2.25. The second-order valence-electron chi connectivity index (χ2n) is 5.48. The molecule has 2 heterocycles. The molecule has 116 valence electrons. The van der Waals surface area contributed by atoms with Crippen LogP contribution in [0.4, 0.5) is 10.5 Å². The van der Waals surface area contributed by atoms with Crippen LogP contribution in [-0.2, 0) is 6.42 Å². The lowest BCUT2D eigenvalue weighted by atomic mass is 9.97. The predicted molar refractivity (Wildman–Crippen MR) is 82.7 cm³/mol. The largest absolute Gasteiger partial charge is 0.339 e. The Bertz CT molecular complexity index is 626. The van der Waals surface area contributed by atoms with E-state index < -0.39 is 0 Å². The first kappa shape index (κ1) is 14.6. The Balaban J connectivity index is 1.63. The van der Waals surface area contributed by atoms with Gasteiger partial charge in [-0.25, -0.2) is 4.79 Å². The van der Waals surface area contributed by atoms with Gasteiger partial charge in [-0.3, -0.25) is 0 Å². The number of carbonyl (C=O) groups is 1. The molecule has 2 amide bonds. The molecule has 6 nitrogen and oxygen atoms in total. The smallest absolute Gasteiger partial charge is 0.321 e. The molecule has 0 aliphatic carbocycles. The molecule has 22 heavy (non-hydrogen) atoms. The van der Waals surface area contributed by atoms with Crippen molar-refractivity contribution in [1.82, 2.24) is 15.0 Å². The zero-order valence-corrected chi connectivity index (χ0v) is 12.7. The van der Waals surface area contributed by atoms with Crippen LogP contribution in [0.15, 0.2) is 34.9 Å². The van der Waals surface area contributed by atoms with Gasteiger partial charge in [0.25, 0.3) is 0 Å². The first-order valence-corrected chi connectivity index (χ1v) is 7.69. The van der Waals surface area contributed by atoms with Crippen LogP contribution in [0.5, 0.6) is 0 Å². The van der Waals surface area contributed by atoms with Gasteiger partial charge in [0, 0.05) is 31.1 Å². The van der Waals surface area contributed by atoms with Crippen molar-refractivity contribution in [3.05, 3.63) is 42.0 Å². The van der Waals surface area contributed by atoms with E-state index in [9.17, 15) is 4.79 Å². The summed E-state index contributed by atoms with van der Waals surface area (Å²) in [5, 5.41) is 6.97. The Hall–Kier alpha value is -2.37. The second-order valence-corrected chi connectivity index (χ2v) is 5.48. The quantitative estimate of drug-likeness (QED) is 0.945. The molecule has 1 atom stereocenters. The number of hydrogen-bond acceptors (Lipinski definition) is 4. The lowest BCUT2D eigenvalue weighted by Gasteiger charge is -2.31. The predicted octanol–water partition coefficient (Wildman–Crippen LogP) is 3.04. The van der Waals surface area contributed by atoms with Crippen LogP contribution >= 0.6 is 0 Å². The molecular formula is C16H20N4O2. The molecule has 1 unspecified atom stereocenters. The van der Waals surface area contributed by atoms with Gasteiger partial charge in [0.1, 0.15) is 0 Å². The normalized spacial score (nSPS) is 18.2. The summed E-state index contributed by atoms with van der Waals surface area (Å²) in [5.41, 5.74) is 0.808. The van der Waals surface area contributed by atoms with E-state index in [0.29, 0.717) is 18.3 Å². The molecule has 1 aliphatic rings. The number of para-hydroxylation sites is 1. The van der Waals surface area contributed by atoms with Crippen molar-refractivity contribution in [2.75, 3.05) is 18.4 Å². The number of rotatable bonds is 3. The van der Waals surface area contributed by atoms with Gasteiger partial charge in [0.15, 0.2) is 5.82 Å². The van der Waals surface area contributed by atoms with Crippen molar-refractivity contribution >= 4 is 11.7 Å². The van der Waals surface area contributed by atoms with Crippen molar-refractivity contribution in [3.63, 3.8) is 0 Å². The molecular weight excluding hydrogens is 280 g/mol. The summed E-state index contributed by atoms with van der Waals surface area (Å²) in [6, 6.07) is 9.42. The fraction of sp³-hybridized carbons (Fsp3) is 0.438. The number of likely N-dealkylation sites (tertiary alicyclic amines) is 1. The van der Waals surface area contributed by atoms with E-state index in [1.54, 1.807) is 0 Å². The Morgan fingerprint density at radius 2 is 2.23 bits per heavy atom. The highest BCUT2D eigenvalue weighted by atomic mass is 16.5. The molecule has 0 saturated carbocycles. The van der Waals surface area contributed by atoms with Crippen molar-refractivity contribution < 1.29 is 9.32 Å². The topological polar surface area (TPSA) is 71.3 Å². The summed E-state index contributed by atoms with van der Waals surface area (Å²) < 4.78 is 5.18. The van der Waals surface area contributed by atoms with Crippen LogP contribution in [0, 0.1) is 0 Å². The number of nitrogens with one attached hydrogen (secondary N) is 1. The van der Waals surface area contributed by atoms with Gasteiger partial charge in [-0.1, -0.05) is 30.3 Å². The molecule has 1 saturated heterocycles. The number of anilines is 1. The zero-order valence-electron chi connectivity index (χ0n) is 12.7. The maximum atomic E-state index is 12.4. The highest BCUT2D eigenvalue weighted by molar-refractivity contribution is 5.89. The van der Waals surface area contributed by atoms with E-state index in [-0.39, 0.29) is 11.9 Å². The standard InChI is InChI=1S/C16H20N4O2/c1-2-14-18-15(19-22-14)12-7-6-10-20(11-12)16(21)17-13-8-4-3-5-9-13/h3-5,8-9,12H,2,6-7,10-11H2,1H3,(H,17,21). The number of benzene rings is 1. The molecule has 6 heteroatoms. The number of carbonyl (C=O) groups excluding carboxylic acids is 1. The van der Waals surface area contributed by atoms with Gasteiger partial charge in [0.2, 0.25) is 5.89 Å². The van der Waals surface area contributed by atoms with Crippen molar-refractivity contribution in [1.29, 1.82) is 0 Å². The maximum Gasteiger partial charge on any atom is 0.321 e. The Labute approximate surface area is 129 Å². The maximum absolute atomic E-state index is 12.4. The van der Waals surface area contributed by atoms with Crippen LogP contribution < -0.4 is 5.32 Å². The Kier molecular flexibility index (Phi) is 4.37. The first-order chi connectivity index (χ1) is 10.8. The van der Waals surface area contributed by atoms with Gasteiger partial charge in [-0.15, -0.1) is 0 Å². The molecule has 1 aliphatic heterocycles. The summed E-state index contributed by atoms with van der Waals surface area (Å²) in [6.07, 6.45) is 2.67. The molecule has 1 aromatic carbocycles. The molecule has 1 N–H and O–H groups in total. The van der Waals surface area contributed by atoms with E-state index in [1.165, 1.54) is 0 Å². The fourth-order valence-corrected chi connectivity index (χ4v) is 2.67. The first-order valence-electron chi connectivity index (χ1n) is 7.69.